The van der Waals surface area contributed by atoms with Crippen LogP contribution in [0.3, 0.4) is 0 Å². The van der Waals surface area contributed by atoms with Crippen molar-refractivity contribution in [3.63, 3.8) is 0 Å². The van der Waals surface area contributed by atoms with E-state index in [-0.39, 0.29) is 11.4 Å². The second kappa shape index (κ2) is 3.12. The first-order valence-electron chi connectivity index (χ1n) is 4.36. The average Bonchev–Trinajstić information content (AvgIpc) is 2.00. The highest BCUT2D eigenvalue weighted by molar-refractivity contribution is 5.68. The molecule has 68 valence electrons. The fraction of sp³-hybridized carbons (Fsp3) is 0.444. The number of hydrogen-bond donors (Lipinski definition) is 1. The molecule has 1 saturated carbocycles. The molecule has 0 amide bonds. The summed E-state index contributed by atoms with van der Waals surface area (Å²) in [5.74, 6) is 0.524. The second-order valence-electron chi connectivity index (χ2n) is 3.30. The standard InChI is InChI=1S/C9H10N2O2/c12-5-8-10-7(4-9(13)11-8)6-2-1-3-6/h4-6H,1-3H2,(H,10,11,13). The van der Waals surface area contributed by atoms with Gasteiger partial charge in [0.15, 0.2) is 12.1 Å². The first-order chi connectivity index (χ1) is 6.29. The van der Waals surface area contributed by atoms with Crippen molar-refractivity contribution in [3.05, 3.63) is 27.9 Å². The molecule has 1 aromatic heterocycles. The smallest absolute Gasteiger partial charge is 0.251 e. The highest BCUT2D eigenvalue weighted by atomic mass is 16.1. The van der Waals surface area contributed by atoms with Crippen LogP contribution >= 0.6 is 0 Å². The van der Waals surface area contributed by atoms with Crippen LogP contribution in [0.4, 0.5) is 0 Å². The maximum absolute atomic E-state index is 11.1. The SMILES string of the molecule is O=Cc1nc(C2CCC2)cc(=O)[nH]1. The van der Waals surface area contributed by atoms with Crippen LogP contribution in [-0.2, 0) is 0 Å². The number of aldehydes is 1. The van der Waals surface area contributed by atoms with E-state index in [4.69, 9.17) is 0 Å². The van der Waals surface area contributed by atoms with Crippen LogP contribution < -0.4 is 5.56 Å². The van der Waals surface area contributed by atoms with Gasteiger partial charge in [0.1, 0.15) is 0 Å². The van der Waals surface area contributed by atoms with Crippen LogP contribution in [0, 0.1) is 0 Å². The minimum absolute atomic E-state index is 0.134. The van der Waals surface area contributed by atoms with Crippen molar-refractivity contribution in [2.24, 2.45) is 0 Å². The Balaban J connectivity index is 2.39. The third-order valence-corrected chi connectivity index (χ3v) is 2.41. The van der Waals surface area contributed by atoms with Crippen molar-refractivity contribution in [2.45, 2.75) is 25.2 Å². The largest absolute Gasteiger partial charge is 0.304 e. The van der Waals surface area contributed by atoms with E-state index in [1.807, 2.05) is 0 Å². The van der Waals surface area contributed by atoms with Gasteiger partial charge in [-0.1, -0.05) is 6.42 Å². The quantitative estimate of drug-likeness (QED) is 0.683. The summed E-state index contributed by atoms with van der Waals surface area (Å²) in [6.45, 7) is 0. The van der Waals surface area contributed by atoms with Gasteiger partial charge in [-0.25, -0.2) is 4.98 Å². The topological polar surface area (TPSA) is 62.8 Å². The Morgan fingerprint density at radius 2 is 2.31 bits per heavy atom. The number of carbonyl (C=O) groups excluding carboxylic acids is 1. The van der Waals surface area contributed by atoms with Gasteiger partial charge in [0.25, 0.3) is 5.56 Å². The van der Waals surface area contributed by atoms with Crippen LogP contribution in [0.5, 0.6) is 0 Å². The number of hydrogen-bond acceptors (Lipinski definition) is 3. The van der Waals surface area contributed by atoms with E-state index in [2.05, 4.69) is 9.97 Å². The van der Waals surface area contributed by atoms with E-state index < -0.39 is 0 Å². The molecule has 4 heteroatoms. The summed E-state index contributed by atoms with van der Waals surface area (Å²) in [5.41, 5.74) is 0.524. The molecule has 4 nitrogen and oxygen atoms in total. The van der Waals surface area contributed by atoms with E-state index in [0.29, 0.717) is 12.2 Å². The molecule has 1 heterocycles. The molecular formula is C9H10N2O2. The predicted molar refractivity (Wildman–Crippen MR) is 46.8 cm³/mol. The molecule has 1 aliphatic carbocycles. The minimum atomic E-state index is -0.237. The van der Waals surface area contributed by atoms with Gasteiger partial charge in [0, 0.05) is 12.0 Å². The van der Waals surface area contributed by atoms with Crippen LogP contribution in [0.1, 0.15) is 41.5 Å². The molecular weight excluding hydrogens is 168 g/mol. The molecule has 1 N–H and O–H groups in total. The summed E-state index contributed by atoms with van der Waals surface area (Å²) >= 11 is 0. The number of nitrogens with one attached hydrogen (secondary N) is 1. The highest BCUT2D eigenvalue weighted by Gasteiger charge is 2.21. The van der Waals surface area contributed by atoms with Gasteiger partial charge in [-0.3, -0.25) is 9.59 Å². The Labute approximate surface area is 75.0 Å². The Kier molecular flexibility index (Phi) is 1.96. The van der Waals surface area contributed by atoms with Crippen LogP contribution in [0.25, 0.3) is 0 Å². The van der Waals surface area contributed by atoms with Crippen LogP contribution in [0.15, 0.2) is 10.9 Å². The first kappa shape index (κ1) is 8.16. The van der Waals surface area contributed by atoms with Crippen molar-refractivity contribution in [1.82, 2.24) is 9.97 Å². The van der Waals surface area contributed by atoms with Crippen molar-refractivity contribution in [1.29, 1.82) is 0 Å². The molecule has 0 unspecified atom stereocenters. The number of aromatic nitrogens is 2. The molecule has 0 spiro atoms. The van der Waals surface area contributed by atoms with E-state index in [1.54, 1.807) is 0 Å². The molecule has 0 aromatic carbocycles. The molecule has 0 saturated heterocycles. The summed E-state index contributed by atoms with van der Waals surface area (Å²) in [6.07, 6.45) is 3.92. The lowest BCUT2D eigenvalue weighted by Gasteiger charge is -2.24. The minimum Gasteiger partial charge on any atom is -0.304 e. The van der Waals surface area contributed by atoms with Gasteiger partial charge in [-0.05, 0) is 12.8 Å². The maximum Gasteiger partial charge on any atom is 0.251 e. The predicted octanol–water partition coefficient (Wildman–Crippen LogP) is 0.850. The zero-order valence-electron chi connectivity index (χ0n) is 7.12. The summed E-state index contributed by atoms with van der Waals surface area (Å²) < 4.78 is 0. The average molecular weight is 178 g/mol. The molecule has 0 aliphatic heterocycles. The van der Waals surface area contributed by atoms with E-state index in [1.165, 1.54) is 12.5 Å². The first-order valence-corrected chi connectivity index (χ1v) is 4.36. The molecule has 13 heavy (non-hydrogen) atoms. The number of carbonyl (C=O) groups is 1. The lowest BCUT2D eigenvalue weighted by Crippen LogP contribution is -2.18. The summed E-state index contributed by atoms with van der Waals surface area (Å²) in [7, 11) is 0. The molecule has 0 atom stereocenters. The monoisotopic (exact) mass is 178 g/mol. The molecule has 0 bridgehead atoms. The lowest BCUT2D eigenvalue weighted by atomic mass is 9.83. The normalized spacial score (nSPS) is 16.6. The Morgan fingerprint density at radius 1 is 1.54 bits per heavy atom. The summed E-state index contributed by atoms with van der Waals surface area (Å²) in [4.78, 5) is 27.9. The van der Waals surface area contributed by atoms with E-state index in [9.17, 15) is 9.59 Å². The zero-order chi connectivity index (χ0) is 9.26. The maximum atomic E-state index is 11.1. The van der Waals surface area contributed by atoms with E-state index >= 15 is 0 Å². The van der Waals surface area contributed by atoms with E-state index in [0.717, 1.165) is 18.5 Å². The van der Waals surface area contributed by atoms with Crippen molar-refractivity contribution < 1.29 is 4.79 Å². The fourth-order valence-electron chi connectivity index (χ4n) is 1.46. The summed E-state index contributed by atoms with van der Waals surface area (Å²) in [5, 5.41) is 0. The lowest BCUT2D eigenvalue weighted by molar-refractivity contribution is 0.111. The Bertz CT molecular complexity index is 379. The Morgan fingerprint density at radius 3 is 2.85 bits per heavy atom. The van der Waals surface area contributed by atoms with Crippen LogP contribution in [0.2, 0.25) is 0 Å². The summed E-state index contributed by atoms with van der Waals surface area (Å²) in [6, 6.07) is 1.48. The van der Waals surface area contributed by atoms with Gasteiger partial charge in [0.2, 0.25) is 0 Å². The zero-order valence-corrected chi connectivity index (χ0v) is 7.12. The molecule has 0 radical (unpaired) electrons. The van der Waals surface area contributed by atoms with Crippen molar-refractivity contribution >= 4 is 6.29 Å². The number of aromatic amines is 1. The third-order valence-electron chi connectivity index (χ3n) is 2.41. The van der Waals surface area contributed by atoms with Crippen LogP contribution in [-0.4, -0.2) is 16.3 Å². The Hall–Kier alpha value is -1.45. The number of rotatable bonds is 2. The van der Waals surface area contributed by atoms with Gasteiger partial charge in [0.05, 0.1) is 5.69 Å². The number of nitrogens with zero attached hydrogens (tertiary/aromatic N) is 1. The van der Waals surface area contributed by atoms with Crippen molar-refractivity contribution in [2.75, 3.05) is 0 Å². The molecule has 1 aromatic rings. The van der Waals surface area contributed by atoms with Crippen molar-refractivity contribution in [3.8, 4) is 0 Å². The van der Waals surface area contributed by atoms with Gasteiger partial charge in [-0.15, -0.1) is 0 Å². The third kappa shape index (κ3) is 1.52. The fourth-order valence-corrected chi connectivity index (χ4v) is 1.46. The molecule has 1 fully saturated rings. The van der Waals surface area contributed by atoms with Gasteiger partial charge >= 0.3 is 0 Å². The highest BCUT2D eigenvalue weighted by Crippen LogP contribution is 2.34. The van der Waals surface area contributed by atoms with Gasteiger partial charge in [-0.2, -0.15) is 0 Å². The van der Waals surface area contributed by atoms with Gasteiger partial charge < -0.3 is 4.98 Å². The second-order valence-corrected chi connectivity index (χ2v) is 3.30. The molecule has 1 aliphatic rings. The molecule has 2 rings (SSSR count). The number of H-pyrrole nitrogens is 1.